The van der Waals surface area contributed by atoms with E-state index in [-0.39, 0.29) is 0 Å². The Bertz CT molecular complexity index is 3490. The van der Waals surface area contributed by atoms with Gasteiger partial charge in [0.15, 0.2) is 0 Å². The maximum atomic E-state index is 6.42. The second-order valence-corrected chi connectivity index (χ2v) is 17.4. The summed E-state index contributed by atoms with van der Waals surface area (Å²) in [5.74, 6) is 0.558. The molecule has 2 heteroatoms. The number of furan rings is 1. The van der Waals surface area contributed by atoms with Crippen LogP contribution in [0.5, 0.6) is 0 Å². The molecule has 10 aromatic carbocycles. The first-order valence-corrected chi connectivity index (χ1v) is 22.9. The van der Waals surface area contributed by atoms with Crippen molar-refractivity contribution in [2.75, 3.05) is 4.90 Å². The number of anilines is 3. The van der Waals surface area contributed by atoms with Crippen LogP contribution in [0.4, 0.5) is 17.1 Å². The SMILES string of the molecule is c1ccc(-c2ccc(-c3cccc4ccccc34)cc2N(c2cccc(-c3cccc4oc5ccccc5c34)c2)c2ccccc2-c2cccc3cccc(C4CCCCC4)c23)cc1. The summed E-state index contributed by atoms with van der Waals surface area (Å²) in [5, 5.41) is 7.41. The van der Waals surface area contributed by atoms with E-state index in [1.165, 1.54) is 87.0 Å². The van der Waals surface area contributed by atoms with Crippen molar-refractivity contribution < 1.29 is 4.42 Å². The highest BCUT2D eigenvalue weighted by Gasteiger charge is 2.25. The van der Waals surface area contributed by atoms with Crippen LogP contribution in [0.2, 0.25) is 0 Å². The zero-order chi connectivity index (χ0) is 42.4. The molecule has 64 heavy (non-hydrogen) atoms. The molecule has 0 saturated heterocycles. The van der Waals surface area contributed by atoms with Gasteiger partial charge in [0.1, 0.15) is 11.2 Å². The van der Waals surface area contributed by atoms with E-state index >= 15 is 0 Å². The van der Waals surface area contributed by atoms with Crippen molar-refractivity contribution in [3.63, 3.8) is 0 Å². The second-order valence-electron chi connectivity index (χ2n) is 17.4. The topological polar surface area (TPSA) is 16.4 Å². The van der Waals surface area contributed by atoms with E-state index in [1.807, 2.05) is 6.07 Å². The smallest absolute Gasteiger partial charge is 0.136 e. The summed E-state index contributed by atoms with van der Waals surface area (Å²) >= 11 is 0. The maximum absolute atomic E-state index is 6.42. The van der Waals surface area contributed by atoms with Crippen molar-refractivity contribution in [3.05, 3.63) is 224 Å². The Morgan fingerprint density at radius 1 is 0.359 bits per heavy atom. The lowest BCUT2D eigenvalue weighted by atomic mass is 9.80. The quantitative estimate of drug-likeness (QED) is 0.152. The van der Waals surface area contributed by atoms with Gasteiger partial charge in [0.2, 0.25) is 0 Å². The van der Waals surface area contributed by atoms with Crippen LogP contribution in [0.3, 0.4) is 0 Å². The van der Waals surface area contributed by atoms with Crippen LogP contribution in [0.15, 0.2) is 223 Å². The van der Waals surface area contributed by atoms with Crippen LogP contribution in [0.1, 0.15) is 43.6 Å². The van der Waals surface area contributed by atoms with E-state index in [4.69, 9.17) is 4.42 Å². The first-order valence-electron chi connectivity index (χ1n) is 22.9. The highest BCUT2D eigenvalue weighted by atomic mass is 16.3. The van der Waals surface area contributed by atoms with Gasteiger partial charge >= 0.3 is 0 Å². The summed E-state index contributed by atoms with van der Waals surface area (Å²) in [6.07, 6.45) is 6.41. The monoisotopic (exact) mass is 821 g/mol. The minimum absolute atomic E-state index is 0.558. The van der Waals surface area contributed by atoms with Gasteiger partial charge in [-0.2, -0.15) is 0 Å². The molecule has 1 aromatic heterocycles. The van der Waals surface area contributed by atoms with E-state index < -0.39 is 0 Å². The zero-order valence-electron chi connectivity index (χ0n) is 35.8. The predicted molar refractivity (Wildman–Crippen MR) is 271 cm³/mol. The highest BCUT2D eigenvalue weighted by molar-refractivity contribution is 6.13. The summed E-state index contributed by atoms with van der Waals surface area (Å²) in [6, 6.07) is 80.3. The van der Waals surface area contributed by atoms with Crippen molar-refractivity contribution in [3.8, 4) is 44.5 Å². The molecule has 0 N–H and O–H groups in total. The van der Waals surface area contributed by atoms with Crippen LogP contribution < -0.4 is 4.90 Å². The van der Waals surface area contributed by atoms with E-state index in [0.29, 0.717) is 5.92 Å². The molecular formula is C62H47NO. The van der Waals surface area contributed by atoms with Gasteiger partial charge in [0, 0.05) is 27.6 Å². The number of hydrogen-bond donors (Lipinski definition) is 0. The molecule has 306 valence electrons. The van der Waals surface area contributed by atoms with Crippen LogP contribution in [-0.4, -0.2) is 0 Å². The molecule has 0 unspecified atom stereocenters. The standard InChI is InChI=1S/C62H47NO/c1-3-18-43(19-4-1)51-39-38-47(50-31-14-23-42-22-7-8-28-49(42)50)41-58(51)63(48-27-13-26-46(40-48)53-33-17-37-60-62(53)56-30-10-12-36-59(56)64-60)57-35-11-9-29-54(57)55-34-16-25-45-24-15-32-52(61(45)55)44-20-5-2-6-21-44/h1,3-4,7-19,22-41,44H,2,5-6,20-21H2. The molecular weight excluding hydrogens is 775 g/mol. The molecule has 0 spiro atoms. The van der Waals surface area contributed by atoms with Crippen molar-refractivity contribution in [2.24, 2.45) is 0 Å². The molecule has 1 saturated carbocycles. The average Bonchev–Trinajstić information content (AvgIpc) is 3.76. The third kappa shape index (κ3) is 6.66. The van der Waals surface area contributed by atoms with Gasteiger partial charge in [-0.15, -0.1) is 0 Å². The predicted octanol–water partition coefficient (Wildman–Crippen LogP) is 18.1. The number of nitrogens with zero attached hydrogens (tertiary/aromatic N) is 1. The Morgan fingerprint density at radius 2 is 0.984 bits per heavy atom. The molecule has 1 aliphatic carbocycles. The Morgan fingerprint density at radius 3 is 1.88 bits per heavy atom. The fourth-order valence-electron chi connectivity index (χ4n) is 10.7. The largest absolute Gasteiger partial charge is 0.456 e. The lowest BCUT2D eigenvalue weighted by Gasteiger charge is -2.31. The molecule has 2 nitrogen and oxygen atoms in total. The lowest BCUT2D eigenvalue weighted by molar-refractivity contribution is 0.445. The van der Waals surface area contributed by atoms with Gasteiger partial charge in [0.05, 0.1) is 11.4 Å². The Hall–Kier alpha value is -7.68. The summed E-state index contributed by atoms with van der Waals surface area (Å²) in [7, 11) is 0. The summed E-state index contributed by atoms with van der Waals surface area (Å²) in [5.41, 5.74) is 16.1. The number of para-hydroxylation sites is 2. The van der Waals surface area contributed by atoms with Crippen LogP contribution >= 0.6 is 0 Å². The van der Waals surface area contributed by atoms with Crippen LogP contribution in [0.25, 0.3) is 88.0 Å². The summed E-state index contributed by atoms with van der Waals surface area (Å²) in [6.45, 7) is 0. The Balaban J connectivity index is 1.15. The van der Waals surface area contributed by atoms with Gasteiger partial charge in [0.25, 0.3) is 0 Å². The van der Waals surface area contributed by atoms with Gasteiger partial charge in [-0.1, -0.05) is 201 Å². The number of benzene rings is 10. The minimum Gasteiger partial charge on any atom is -0.456 e. The summed E-state index contributed by atoms with van der Waals surface area (Å²) in [4.78, 5) is 2.53. The fourth-order valence-corrected chi connectivity index (χ4v) is 10.7. The van der Waals surface area contributed by atoms with Gasteiger partial charge in [-0.25, -0.2) is 0 Å². The molecule has 0 radical (unpaired) electrons. The molecule has 11 aromatic rings. The molecule has 0 aliphatic heterocycles. The van der Waals surface area contributed by atoms with E-state index in [2.05, 4.69) is 217 Å². The van der Waals surface area contributed by atoms with E-state index in [0.717, 1.165) is 55.7 Å². The first kappa shape index (κ1) is 38.0. The van der Waals surface area contributed by atoms with Gasteiger partial charge in [-0.3, -0.25) is 0 Å². The Kier molecular flexibility index (Phi) is 9.64. The fraction of sp³-hybridized carbons (Fsp3) is 0.0968. The van der Waals surface area contributed by atoms with Crippen LogP contribution in [-0.2, 0) is 0 Å². The number of hydrogen-bond acceptors (Lipinski definition) is 2. The van der Waals surface area contributed by atoms with Crippen molar-refractivity contribution in [1.82, 2.24) is 0 Å². The molecule has 1 heterocycles. The van der Waals surface area contributed by atoms with Crippen molar-refractivity contribution >= 4 is 60.5 Å². The third-order valence-electron chi connectivity index (χ3n) is 13.7. The van der Waals surface area contributed by atoms with Crippen molar-refractivity contribution in [2.45, 2.75) is 38.0 Å². The molecule has 0 amide bonds. The zero-order valence-corrected chi connectivity index (χ0v) is 35.8. The molecule has 12 rings (SSSR count). The van der Waals surface area contributed by atoms with Crippen LogP contribution in [0, 0.1) is 0 Å². The molecule has 0 atom stereocenters. The normalized spacial score (nSPS) is 13.2. The minimum atomic E-state index is 0.558. The molecule has 1 fully saturated rings. The number of rotatable bonds is 8. The molecule has 0 bridgehead atoms. The van der Waals surface area contributed by atoms with Gasteiger partial charge < -0.3 is 9.32 Å². The van der Waals surface area contributed by atoms with Gasteiger partial charge in [-0.05, 0) is 116 Å². The van der Waals surface area contributed by atoms with E-state index in [9.17, 15) is 0 Å². The first-order chi connectivity index (χ1) is 31.8. The number of fused-ring (bicyclic) bond motifs is 5. The lowest BCUT2D eigenvalue weighted by Crippen LogP contribution is -2.13. The third-order valence-corrected chi connectivity index (χ3v) is 13.7. The highest BCUT2D eigenvalue weighted by Crippen LogP contribution is 2.50. The van der Waals surface area contributed by atoms with Crippen molar-refractivity contribution in [1.29, 1.82) is 0 Å². The second kappa shape index (κ2) is 16.2. The maximum Gasteiger partial charge on any atom is 0.136 e. The Labute approximate surface area is 374 Å². The summed E-state index contributed by atoms with van der Waals surface area (Å²) < 4.78 is 6.42. The van der Waals surface area contributed by atoms with E-state index in [1.54, 1.807) is 0 Å². The average molecular weight is 822 g/mol. The molecule has 1 aliphatic rings.